The van der Waals surface area contributed by atoms with Gasteiger partial charge < -0.3 is 5.32 Å². The van der Waals surface area contributed by atoms with E-state index in [0.29, 0.717) is 6.04 Å². The monoisotopic (exact) mass is 191 g/mol. The molecular formula is C13H21N. The minimum Gasteiger partial charge on any atom is -0.383 e. The molecule has 0 aromatic heterocycles. The molecule has 1 N–H and O–H groups in total. The van der Waals surface area contributed by atoms with Crippen LogP contribution in [0.15, 0.2) is 24.3 Å². The maximum Gasteiger partial charge on any atom is 0.0344 e. The largest absolute Gasteiger partial charge is 0.383 e. The van der Waals surface area contributed by atoms with Crippen molar-refractivity contribution in [1.82, 2.24) is 0 Å². The normalized spacial score (nSPS) is 12.9. The van der Waals surface area contributed by atoms with Crippen molar-refractivity contribution in [3.05, 3.63) is 29.8 Å². The number of benzene rings is 1. The van der Waals surface area contributed by atoms with Gasteiger partial charge in [-0.05, 0) is 43.9 Å². The Balaban J connectivity index is 2.51. The third-order valence-corrected chi connectivity index (χ3v) is 2.26. The molecule has 0 aliphatic heterocycles. The highest BCUT2D eigenvalue weighted by Crippen LogP contribution is 2.14. The van der Waals surface area contributed by atoms with Gasteiger partial charge in [-0.3, -0.25) is 0 Å². The standard InChI is InChI=1S/C13H21N/c1-10(2)8-12(4)14-13-7-5-6-11(3)9-13/h5-7,9-10,12,14H,8H2,1-4H3/t12-/m1/s1. The quantitative estimate of drug-likeness (QED) is 0.762. The molecule has 1 rings (SSSR count). The van der Waals surface area contributed by atoms with Crippen LogP contribution in [0.2, 0.25) is 0 Å². The smallest absolute Gasteiger partial charge is 0.0344 e. The number of hydrogen-bond acceptors (Lipinski definition) is 1. The molecule has 0 bridgehead atoms. The van der Waals surface area contributed by atoms with E-state index in [9.17, 15) is 0 Å². The first-order valence-electron chi connectivity index (χ1n) is 5.41. The van der Waals surface area contributed by atoms with Crippen LogP contribution >= 0.6 is 0 Å². The second-order valence-electron chi connectivity index (χ2n) is 4.54. The first kappa shape index (κ1) is 11.1. The molecule has 0 saturated heterocycles. The lowest BCUT2D eigenvalue weighted by atomic mass is 10.0. The Morgan fingerprint density at radius 1 is 1.21 bits per heavy atom. The summed E-state index contributed by atoms with van der Waals surface area (Å²) in [5.74, 6) is 0.752. The van der Waals surface area contributed by atoms with Crippen molar-refractivity contribution in [2.24, 2.45) is 5.92 Å². The van der Waals surface area contributed by atoms with E-state index in [-0.39, 0.29) is 0 Å². The van der Waals surface area contributed by atoms with Gasteiger partial charge in [-0.2, -0.15) is 0 Å². The maximum atomic E-state index is 3.51. The molecule has 0 unspecified atom stereocenters. The van der Waals surface area contributed by atoms with E-state index < -0.39 is 0 Å². The van der Waals surface area contributed by atoms with Gasteiger partial charge in [0.2, 0.25) is 0 Å². The number of hydrogen-bond donors (Lipinski definition) is 1. The van der Waals surface area contributed by atoms with Crippen molar-refractivity contribution < 1.29 is 0 Å². The van der Waals surface area contributed by atoms with Crippen LogP contribution in [0.1, 0.15) is 32.8 Å². The average Bonchev–Trinajstić information content (AvgIpc) is 2.01. The second kappa shape index (κ2) is 5.04. The van der Waals surface area contributed by atoms with Crippen LogP contribution in [0.4, 0.5) is 5.69 Å². The zero-order valence-electron chi connectivity index (χ0n) is 9.67. The van der Waals surface area contributed by atoms with Crippen LogP contribution in [-0.4, -0.2) is 6.04 Å². The van der Waals surface area contributed by atoms with Gasteiger partial charge >= 0.3 is 0 Å². The van der Waals surface area contributed by atoms with Gasteiger partial charge in [0.1, 0.15) is 0 Å². The van der Waals surface area contributed by atoms with Crippen LogP contribution < -0.4 is 5.32 Å². The molecule has 0 saturated carbocycles. The van der Waals surface area contributed by atoms with Crippen molar-refractivity contribution in [2.75, 3.05) is 5.32 Å². The summed E-state index contributed by atoms with van der Waals surface area (Å²) in [6.07, 6.45) is 1.22. The van der Waals surface area contributed by atoms with Gasteiger partial charge in [0.25, 0.3) is 0 Å². The zero-order valence-corrected chi connectivity index (χ0v) is 9.67. The molecule has 1 aromatic carbocycles. The predicted molar refractivity (Wildman–Crippen MR) is 63.7 cm³/mol. The Hall–Kier alpha value is -0.980. The molecule has 1 atom stereocenters. The van der Waals surface area contributed by atoms with Gasteiger partial charge in [0.15, 0.2) is 0 Å². The Morgan fingerprint density at radius 2 is 1.93 bits per heavy atom. The maximum absolute atomic E-state index is 3.51. The van der Waals surface area contributed by atoms with Crippen molar-refractivity contribution in [3.63, 3.8) is 0 Å². The summed E-state index contributed by atoms with van der Waals surface area (Å²) < 4.78 is 0. The summed E-state index contributed by atoms with van der Waals surface area (Å²) in [6, 6.07) is 9.09. The fourth-order valence-electron chi connectivity index (χ4n) is 1.79. The molecule has 1 nitrogen and oxygen atoms in total. The van der Waals surface area contributed by atoms with Gasteiger partial charge in [-0.1, -0.05) is 26.0 Å². The number of aryl methyl sites for hydroxylation is 1. The van der Waals surface area contributed by atoms with E-state index in [1.807, 2.05) is 0 Å². The van der Waals surface area contributed by atoms with Crippen molar-refractivity contribution in [1.29, 1.82) is 0 Å². The molecule has 0 spiro atoms. The predicted octanol–water partition coefficient (Wildman–Crippen LogP) is 3.84. The molecule has 0 amide bonds. The first-order chi connectivity index (χ1) is 6.58. The topological polar surface area (TPSA) is 12.0 Å². The zero-order chi connectivity index (χ0) is 10.6. The van der Waals surface area contributed by atoms with Crippen LogP contribution in [0.25, 0.3) is 0 Å². The SMILES string of the molecule is Cc1cccc(N[C@H](C)CC(C)C)c1. The summed E-state index contributed by atoms with van der Waals surface area (Å²) in [5.41, 5.74) is 2.55. The van der Waals surface area contributed by atoms with E-state index in [1.54, 1.807) is 0 Å². The van der Waals surface area contributed by atoms with Crippen molar-refractivity contribution in [3.8, 4) is 0 Å². The summed E-state index contributed by atoms with van der Waals surface area (Å²) in [6.45, 7) is 8.88. The Bertz CT molecular complexity index is 278. The van der Waals surface area contributed by atoms with Gasteiger partial charge in [-0.25, -0.2) is 0 Å². The molecule has 0 aliphatic rings. The summed E-state index contributed by atoms with van der Waals surface area (Å²) in [5, 5.41) is 3.51. The lowest BCUT2D eigenvalue weighted by Gasteiger charge is -2.17. The first-order valence-corrected chi connectivity index (χ1v) is 5.41. The minimum absolute atomic E-state index is 0.553. The molecule has 14 heavy (non-hydrogen) atoms. The fourth-order valence-corrected chi connectivity index (χ4v) is 1.79. The lowest BCUT2D eigenvalue weighted by Crippen LogP contribution is -2.17. The molecule has 0 radical (unpaired) electrons. The van der Waals surface area contributed by atoms with E-state index in [4.69, 9.17) is 0 Å². The summed E-state index contributed by atoms with van der Waals surface area (Å²) >= 11 is 0. The van der Waals surface area contributed by atoms with Crippen LogP contribution in [0, 0.1) is 12.8 Å². The van der Waals surface area contributed by atoms with E-state index in [1.165, 1.54) is 17.7 Å². The molecule has 0 fully saturated rings. The van der Waals surface area contributed by atoms with Crippen molar-refractivity contribution in [2.45, 2.75) is 40.2 Å². The van der Waals surface area contributed by atoms with E-state index in [0.717, 1.165) is 5.92 Å². The Morgan fingerprint density at radius 3 is 2.50 bits per heavy atom. The molecule has 0 heterocycles. The number of anilines is 1. The van der Waals surface area contributed by atoms with Crippen LogP contribution in [-0.2, 0) is 0 Å². The third kappa shape index (κ3) is 3.82. The van der Waals surface area contributed by atoms with Crippen molar-refractivity contribution >= 4 is 5.69 Å². The lowest BCUT2D eigenvalue weighted by molar-refractivity contribution is 0.540. The number of nitrogens with one attached hydrogen (secondary N) is 1. The Kier molecular flexibility index (Phi) is 3.99. The molecule has 1 heteroatoms. The highest BCUT2D eigenvalue weighted by atomic mass is 14.9. The Labute approximate surface area is 87.5 Å². The molecule has 1 aromatic rings. The minimum atomic E-state index is 0.553. The molecule has 78 valence electrons. The van der Waals surface area contributed by atoms with Gasteiger partial charge in [0, 0.05) is 11.7 Å². The molecular weight excluding hydrogens is 170 g/mol. The second-order valence-corrected chi connectivity index (χ2v) is 4.54. The van der Waals surface area contributed by atoms with Crippen LogP contribution in [0.3, 0.4) is 0 Å². The summed E-state index contributed by atoms with van der Waals surface area (Å²) in [4.78, 5) is 0. The van der Waals surface area contributed by atoms with E-state index in [2.05, 4.69) is 57.3 Å². The van der Waals surface area contributed by atoms with Gasteiger partial charge in [0.05, 0.1) is 0 Å². The number of rotatable bonds is 4. The highest BCUT2D eigenvalue weighted by Gasteiger charge is 2.04. The third-order valence-electron chi connectivity index (χ3n) is 2.26. The fraction of sp³-hybridized carbons (Fsp3) is 0.538. The molecule has 0 aliphatic carbocycles. The van der Waals surface area contributed by atoms with Crippen LogP contribution in [0.5, 0.6) is 0 Å². The summed E-state index contributed by atoms with van der Waals surface area (Å²) in [7, 11) is 0. The average molecular weight is 191 g/mol. The van der Waals surface area contributed by atoms with E-state index >= 15 is 0 Å². The van der Waals surface area contributed by atoms with Gasteiger partial charge in [-0.15, -0.1) is 0 Å². The highest BCUT2D eigenvalue weighted by molar-refractivity contribution is 5.45.